The quantitative estimate of drug-likeness (QED) is 0.741. The van der Waals surface area contributed by atoms with Gasteiger partial charge in [0.15, 0.2) is 5.03 Å². The lowest BCUT2D eigenvalue weighted by Gasteiger charge is -2.11. The van der Waals surface area contributed by atoms with Crippen molar-refractivity contribution in [3.63, 3.8) is 0 Å². The van der Waals surface area contributed by atoms with Gasteiger partial charge in [-0.05, 0) is 42.8 Å². The van der Waals surface area contributed by atoms with Crippen LogP contribution in [0, 0.1) is 6.92 Å². The van der Waals surface area contributed by atoms with Crippen LogP contribution in [-0.2, 0) is 16.6 Å². The third-order valence-corrected chi connectivity index (χ3v) is 5.48. The Bertz CT molecular complexity index is 939. The summed E-state index contributed by atoms with van der Waals surface area (Å²) in [6.07, 6.45) is 3.16. The van der Waals surface area contributed by atoms with Gasteiger partial charge < -0.3 is 5.32 Å². The van der Waals surface area contributed by atoms with Gasteiger partial charge in [0, 0.05) is 18.9 Å². The summed E-state index contributed by atoms with van der Waals surface area (Å²) in [5.41, 5.74) is 3.41. The molecule has 3 aromatic rings. The average Bonchev–Trinajstić information content (AvgIpc) is 2.94. The zero-order valence-electron chi connectivity index (χ0n) is 14.0. The molecule has 0 saturated carbocycles. The van der Waals surface area contributed by atoms with E-state index in [0.717, 1.165) is 16.7 Å². The second-order valence-corrected chi connectivity index (χ2v) is 7.25. The minimum atomic E-state index is -3.76. The molecule has 5 nitrogen and oxygen atoms in total. The first-order chi connectivity index (χ1) is 11.6. The van der Waals surface area contributed by atoms with E-state index in [2.05, 4.69) is 10.3 Å². The lowest BCUT2D eigenvalue weighted by atomic mass is 10.1. The molecule has 0 fully saturated rings. The second-order valence-electron chi connectivity index (χ2n) is 5.49. The van der Waals surface area contributed by atoms with Crippen LogP contribution in [0.25, 0.3) is 11.3 Å². The molecular formula is C18H20ClN3O2S. The number of rotatable bonds is 5. The van der Waals surface area contributed by atoms with Gasteiger partial charge in [0.05, 0.1) is 5.69 Å². The van der Waals surface area contributed by atoms with Crippen LogP contribution < -0.4 is 5.32 Å². The van der Waals surface area contributed by atoms with Crippen molar-refractivity contribution in [1.82, 2.24) is 14.3 Å². The second kappa shape index (κ2) is 7.82. The average molecular weight is 378 g/mol. The van der Waals surface area contributed by atoms with Gasteiger partial charge in [-0.1, -0.05) is 36.4 Å². The summed E-state index contributed by atoms with van der Waals surface area (Å²) >= 11 is 0. The highest BCUT2D eigenvalue weighted by Crippen LogP contribution is 2.30. The maximum Gasteiger partial charge on any atom is 0.285 e. The van der Waals surface area contributed by atoms with Crippen molar-refractivity contribution < 1.29 is 8.42 Å². The van der Waals surface area contributed by atoms with Gasteiger partial charge in [-0.2, -0.15) is 8.42 Å². The van der Waals surface area contributed by atoms with Crippen LogP contribution in [0.2, 0.25) is 0 Å². The molecule has 132 valence electrons. The first kappa shape index (κ1) is 19.2. The van der Waals surface area contributed by atoms with Crippen LogP contribution in [0.3, 0.4) is 0 Å². The van der Waals surface area contributed by atoms with E-state index in [1.54, 1.807) is 18.3 Å². The summed E-state index contributed by atoms with van der Waals surface area (Å²) in [4.78, 5) is 4.02. The fourth-order valence-corrected chi connectivity index (χ4v) is 4.11. The largest absolute Gasteiger partial charge is 0.316 e. The molecule has 3 rings (SSSR count). The lowest BCUT2D eigenvalue weighted by molar-refractivity contribution is 0.584. The molecule has 1 N–H and O–H groups in total. The standard InChI is InChI=1S/C18H19N3O2S.ClH/c1-14-16(12-19-2)13-21(18(14)15-8-4-3-5-9-15)24(22,23)17-10-6-7-11-20-17;/h3-11,13,19H,12H2,1-2H3;1H. The summed E-state index contributed by atoms with van der Waals surface area (Å²) in [6, 6.07) is 14.4. The summed E-state index contributed by atoms with van der Waals surface area (Å²) in [7, 11) is -1.92. The van der Waals surface area contributed by atoms with E-state index in [-0.39, 0.29) is 17.4 Å². The number of nitrogens with one attached hydrogen (secondary N) is 1. The van der Waals surface area contributed by atoms with Crippen LogP contribution in [-0.4, -0.2) is 24.4 Å². The number of hydrogen-bond acceptors (Lipinski definition) is 4. The predicted molar refractivity (Wildman–Crippen MR) is 101 cm³/mol. The van der Waals surface area contributed by atoms with E-state index in [9.17, 15) is 8.42 Å². The van der Waals surface area contributed by atoms with Gasteiger partial charge in [0.25, 0.3) is 10.0 Å². The minimum Gasteiger partial charge on any atom is -0.316 e. The SMILES string of the molecule is CNCc1cn(S(=O)(=O)c2ccccn2)c(-c2ccccc2)c1C.Cl. The Hall–Kier alpha value is -2.15. The molecule has 0 unspecified atom stereocenters. The van der Waals surface area contributed by atoms with Gasteiger partial charge in [-0.15, -0.1) is 12.4 Å². The Morgan fingerprint density at radius 2 is 1.76 bits per heavy atom. The molecule has 7 heteroatoms. The molecule has 2 aromatic heterocycles. The third kappa shape index (κ3) is 3.61. The number of nitrogens with zero attached hydrogens (tertiary/aromatic N) is 2. The van der Waals surface area contributed by atoms with E-state index >= 15 is 0 Å². The fraction of sp³-hybridized carbons (Fsp3) is 0.167. The van der Waals surface area contributed by atoms with Crippen molar-refractivity contribution in [2.75, 3.05) is 7.05 Å². The predicted octanol–water partition coefficient (Wildman–Crippen LogP) is 3.24. The Balaban J connectivity index is 0.00000225. The van der Waals surface area contributed by atoms with Crippen molar-refractivity contribution >= 4 is 22.4 Å². The maximum absolute atomic E-state index is 13.1. The van der Waals surface area contributed by atoms with Crippen LogP contribution >= 0.6 is 12.4 Å². The number of aromatic nitrogens is 2. The molecular weight excluding hydrogens is 358 g/mol. The number of hydrogen-bond donors (Lipinski definition) is 1. The van der Waals surface area contributed by atoms with E-state index in [0.29, 0.717) is 12.2 Å². The zero-order valence-corrected chi connectivity index (χ0v) is 15.6. The van der Waals surface area contributed by atoms with Crippen molar-refractivity contribution in [1.29, 1.82) is 0 Å². The molecule has 25 heavy (non-hydrogen) atoms. The molecule has 0 bridgehead atoms. The third-order valence-electron chi connectivity index (χ3n) is 3.91. The van der Waals surface area contributed by atoms with Crippen LogP contribution in [0.1, 0.15) is 11.1 Å². The van der Waals surface area contributed by atoms with E-state index in [1.807, 2.05) is 44.3 Å². The van der Waals surface area contributed by atoms with E-state index in [1.165, 1.54) is 16.2 Å². The fourth-order valence-electron chi connectivity index (χ4n) is 2.72. The highest BCUT2D eigenvalue weighted by molar-refractivity contribution is 7.90. The molecule has 2 heterocycles. The first-order valence-electron chi connectivity index (χ1n) is 7.63. The van der Waals surface area contributed by atoms with Crippen LogP contribution in [0.4, 0.5) is 0 Å². The number of benzene rings is 1. The van der Waals surface area contributed by atoms with Crippen LogP contribution in [0.5, 0.6) is 0 Å². The van der Waals surface area contributed by atoms with Gasteiger partial charge in [-0.3, -0.25) is 0 Å². The Labute approximate surface area is 154 Å². The summed E-state index contributed by atoms with van der Waals surface area (Å²) in [6.45, 7) is 2.54. The molecule has 0 aliphatic carbocycles. The van der Waals surface area contributed by atoms with Gasteiger partial charge in [0.2, 0.25) is 0 Å². The molecule has 0 amide bonds. The zero-order chi connectivity index (χ0) is 17.2. The Kier molecular flexibility index (Phi) is 6.00. The molecule has 0 aliphatic heterocycles. The Morgan fingerprint density at radius 1 is 1.08 bits per heavy atom. The van der Waals surface area contributed by atoms with Crippen LogP contribution in [0.15, 0.2) is 66.0 Å². The van der Waals surface area contributed by atoms with Crippen molar-refractivity contribution in [3.8, 4) is 11.3 Å². The molecule has 0 aliphatic rings. The highest BCUT2D eigenvalue weighted by Gasteiger charge is 2.25. The van der Waals surface area contributed by atoms with Crippen molar-refractivity contribution in [2.24, 2.45) is 0 Å². The monoisotopic (exact) mass is 377 g/mol. The molecule has 0 atom stereocenters. The summed E-state index contributed by atoms with van der Waals surface area (Å²) in [5, 5.41) is 3.12. The van der Waals surface area contributed by atoms with E-state index < -0.39 is 10.0 Å². The maximum atomic E-state index is 13.1. The molecule has 0 radical (unpaired) electrons. The van der Waals surface area contributed by atoms with Gasteiger partial charge in [0.1, 0.15) is 0 Å². The topological polar surface area (TPSA) is 64.0 Å². The molecule has 1 aromatic carbocycles. The molecule has 0 spiro atoms. The summed E-state index contributed by atoms with van der Waals surface area (Å²) in [5.74, 6) is 0. The normalized spacial score (nSPS) is 11.1. The number of halogens is 1. The number of pyridine rings is 1. The highest BCUT2D eigenvalue weighted by atomic mass is 35.5. The lowest BCUT2D eigenvalue weighted by Crippen LogP contribution is -2.15. The smallest absolute Gasteiger partial charge is 0.285 e. The molecule has 0 saturated heterocycles. The van der Waals surface area contributed by atoms with E-state index in [4.69, 9.17) is 0 Å². The Morgan fingerprint density at radius 3 is 2.36 bits per heavy atom. The van der Waals surface area contributed by atoms with Gasteiger partial charge >= 0.3 is 0 Å². The summed E-state index contributed by atoms with van der Waals surface area (Å²) < 4.78 is 27.5. The minimum absolute atomic E-state index is 0. The first-order valence-corrected chi connectivity index (χ1v) is 9.07. The van der Waals surface area contributed by atoms with Crippen molar-refractivity contribution in [2.45, 2.75) is 18.5 Å². The van der Waals surface area contributed by atoms with Crippen molar-refractivity contribution in [3.05, 3.63) is 72.1 Å². The van der Waals surface area contributed by atoms with Gasteiger partial charge in [-0.25, -0.2) is 8.96 Å².